The molecule has 0 aliphatic heterocycles. The molecule has 0 heterocycles. The van der Waals surface area contributed by atoms with Gasteiger partial charge in [0.1, 0.15) is 5.82 Å². The van der Waals surface area contributed by atoms with Gasteiger partial charge >= 0.3 is 0 Å². The lowest BCUT2D eigenvalue weighted by Gasteiger charge is -2.17. The van der Waals surface area contributed by atoms with Crippen molar-refractivity contribution >= 4 is 5.91 Å². The number of benzene rings is 2. The molecule has 0 saturated carbocycles. The molecule has 2 rings (SSSR count). The number of carbonyl (C=O) groups excluding carboxylic acids is 1. The molecule has 0 spiro atoms. The highest BCUT2D eigenvalue weighted by molar-refractivity contribution is 5.76. The van der Waals surface area contributed by atoms with E-state index in [0.29, 0.717) is 24.9 Å². The molecule has 2 aromatic carbocycles. The van der Waals surface area contributed by atoms with Crippen LogP contribution in [0.25, 0.3) is 0 Å². The van der Waals surface area contributed by atoms with Crippen LogP contribution in [0.15, 0.2) is 48.5 Å². The van der Waals surface area contributed by atoms with E-state index in [9.17, 15) is 9.18 Å². The molecule has 0 saturated heterocycles. The Morgan fingerprint density at radius 2 is 1.76 bits per heavy atom. The minimum atomic E-state index is -0.268. The number of hydrogen-bond acceptors (Lipinski definition) is 1. The van der Waals surface area contributed by atoms with E-state index in [1.54, 1.807) is 30.1 Å². The second-order valence-corrected chi connectivity index (χ2v) is 5.33. The molecule has 3 heteroatoms. The molecule has 0 aliphatic carbocycles. The van der Waals surface area contributed by atoms with E-state index in [-0.39, 0.29) is 11.7 Å². The quantitative estimate of drug-likeness (QED) is 0.820. The standard InChI is InChI=1S/C18H20FNO/c1-14-7-9-15(10-8-14)11-12-18(21)20(2)13-16-5-3-4-6-17(16)19/h3-10H,11-13H2,1-2H3. The van der Waals surface area contributed by atoms with Crippen molar-refractivity contribution in [1.29, 1.82) is 0 Å². The summed E-state index contributed by atoms with van der Waals surface area (Å²) >= 11 is 0. The second kappa shape index (κ2) is 7.02. The number of halogens is 1. The van der Waals surface area contributed by atoms with Crippen molar-refractivity contribution in [3.05, 3.63) is 71.0 Å². The van der Waals surface area contributed by atoms with Gasteiger partial charge in [0.05, 0.1) is 0 Å². The van der Waals surface area contributed by atoms with Crippen molar-refractivity contribution in [3.63, 3.8) is 0 Å². The topological polar surface area (TPSA) is 20.3 Å². The van der Waals surface area contributed by atoms with Gasteiger partial charge in [-0.15, -0.1) is 0 Å². The van der Waals surface area contributed by atoms with Crippen LogP contribution in [-0.2, 0) is 17.8 Å². The Kier molecular flexibility index (Phi) is 5.09. The van der Waals surface area contributed by atoms with Crippen molar-refractivity contribution in [3.8, 4) is 0 Å². The van der Waals surface area contributed by atoms with Crippen molar-refractivity contribution in [2.45, 2.75) is 26.3 Å². The molecule has 0 fully saturated rings. The number of hydrogen-bond donors (Lipinski definition) is 0. The third kappa shape index (κ3) is 4.42. The summed E-state index contributed by atoms with van der Waals surface area (Å²) < 4.78 is 13.6. The number of amides is 1. The molecule has 2 nitrogen and oxygen atoms in total. The summed E-state index contributed by atoms with van der Waals surface area (Å²) in [4.78, 5) is 13.7. The van der Waals surface area contributed by atoms with Gasteiger partial charge in [-0.3, -0.25) is 4.79 Å². The maximum Gasteiger partial charge on any atom is 0.222 e. The van der Waals surface area contributed by atoms with E-state index in [0.717, 1.165) is 5.56 Å². The lowest BCUT2D eigenvalue weighted by molar-refractivity contribution is -0.130. The first-order valence-electron chi connectivity index (χ1n) is 7.09. The summed E-state index contributed by atoms with van der Waals surface area (Å²) in [7, 11) is 1.71. The third-order valence-corrected chi connectivity index (χ3v) is 3.54. The van der Waals surface area contributed by atoms with Crippen LogP contribution in [0.5, 0.6) is 0 Å². The molecule has 1 amide bonds. The van der Waals surface area contributed by atoms with Crippen LogP contribution < -0.4 is 0 Å². The molecule has 0 unspecified atom stereocenters. The van der Waals surface area contributed by atoms with E-state index >= 15 is 0 Å². The van der Waals surface area contributed by atoms with Crippen molar-refractivity contribution in [1.82, 2.24) is 4.90 Å². The number of rotatable bonds is 5. The number of carbonyl (C=O) groups is 1. The third-order valence-electron chi connectivity index (χ3n) is 3.54. The van der Waals surface area contributed by atoms with Crippen molar-refractivity contribution in [2.24, 2.45) is 0 Å². The predicted molar refractivity (Wildman–Crippen MR) is 82.4 cm³/mol. The summed E-state index contributed by atoms with van der Waals surface area (Å²) in [5.41, 5.74) is 2.90. The van der Waals surface area contributed by atoms with Crippen LogP contribution in [-0.4, -0.2) is 17.9 Å². The summed E-state index contributed by atoms with van der Waals surface area (Å²) in [5.74, 6) is -0.241. The van der Waals surface area contributed by atoms with Crippen LogP contribution in [0.1, 0.15) is 23.1 Å². The molecule has 2 aromatic rings. The smallest absolute Gasteiger partial charge is 0.222 e. The summed E-state index contributed by atoms with van der Waals surface area (Å²) in [5, 5.41) is 0. The fraction of sp³-hybridized carbons (Fsp3) is 0.278. The Bertz CT molecular complexity index is 607. The van der Waals surface area contributed by atoms with Crippen LogP contribution in [0, 0.1) is 12.7 Å². The first-order valence-corrected chi connectivity index (χ1v) is 7.09. The first-order chi connectivity index (χ1) is 10.1. The Balaban J connectivity index is 1.88. The van der Waals surface area contributed by atoms with Crippen LogP contribution >= 0.6 is 0 Å². The Labute approximate surface area is 125 Å². The van der Waals surface area contributed by atoms with E-state index in [4.69, 9.17) is 0 Å². The molecule has 0 bridgehead atoms. The highest BCUT2D eigenvalue weighted by Crippen LogP contribution is 2.11. The van der Waals surface area contributed by atoms with E-state index in [2.05, 4.69) is 0 Å². The van der Waals surface area contributed by atoms with E-state index in [1.807, 2.05) is 31.2 Å². The van der Waals surface area contributed by atoms with Gasteiger partial charge in [0.25, 0.3) is 0 Å². The molecule has 21 heavy (non-hydrogen) atoms. The monoisotopic (exact) mass is 285 g/mol. The van der Waals surface area contributed by atoms with Crippen LogP contribution in [0.2, 0.25) is 0 Å². The average molecular weight is 285 g/mol. The molecule has 110 valence electrons. The fourth-order valence-electron chi connectivity index (χ4n) is 2.17. The number of nitrogens with zero attached hydrogens (tertiary/aromatic N) is 1. The molecule has 0 aromatic heterocycles. The first kappa shape index (κ1) is 15.2. The van der Waals surface area contributed by atoms with Gasteiger partial charge in [0.15, 0.2) is 0 Å². The fourth-order valence-corrected chi connectivity index (χ4v) is 2.17. The predicted octanol–water partition coefficient (Wildman–Crippen LogP) is 3.73. The van der Waals surface area contributed by atoms with Crippen LogP contribution in [0.3, 0.4) is 0 Å². The van der Waals surface area contributed by atoms with Gasteiger partial charge in [-0.1, -0.05) is 48.0 Å². The minimum Gasteiger partial charge on any atom is -0.341 e. The largest absolute Gasteiger partial charge is 0.341 e. The lowest BCUT2D eigenvalue weighted by atomic mass is 10.1. The lowest BCUT2D eigenvalue weighted by Crippen LogP contribution is -2.26. The Hall–Kier alpha value is -2.16. The summed E-state index contributed by atoms with van der Waals surface area (Å²) in [6, 6.07) is 14.7. The van der Waals surface area contributed by atoms with Crippen molar-refractivity contribution in [2.75, 3.05) is 7.05 Å². The van der Waals surface area contributed by atoms with Gasteiger partial charge in [-0.05, 0) is 25.0 Å². The zero-order chi connectivity index (χ0) is 15.2. The Morgan fingerprint density at radius 3 is 2.43 bits per heavy atom. The second-order valence-electron chi connectivity index (χ2n) is 5.33. The highest BCUT2D eigenvalue weighted by Gasteiger charge is 2.11. The maximum atomic E-state index is 13.6. The van der Waals surface area contributed by atoms with Gasteiger partial charge in [-0.2, -0.15) is 0 Å². The zero-order valence-electron chi connectivity index (χ0n) is 12.5. The molecule has 0 radical (unpaired) electrons. The summed E-state index contributed by atoms with van der Waals surface area (Å²) in [6.07, 6.45) is 1.15. The highest BCUT2D eigenvalue weighted by atomic mass is 19.1. The molecule has 0 aliphatic rings. The van der Waals surface area contributed by atoms with Gasteiger partial charge < -0.3 is 4.90 Å². The Morgan fingerprint density at radius 1 is 1.10 bits per heavy atom. The van der Waals surface area contributed by atoms with E-state index < -0.39 is 0 Å². The molecular weight excluding hydrogens is 265 g/mol. The minimum absolute atomic E-state index is 0.0267. The van der Waals surface area contributed by atoms with Crippen molar-refractivity contribution < 1.29 is 9.18 Å². The SMILES string of the molecule is Cc1ccc(CCC(=O)N(C)Cc2ccccc2F)cc1. The molecular formula is C18H20FNO. The maximum absolute atomic E-state index is 13.6. The van der Waals surface area contributed by atoms with Gasteiger partial charge in [0.2, 0.25) is 5.91 Å². The average Bonchev–Trinajstić information content (AvgIpc) is 2.48. The van der Waals surface area contributed by atoms with E-state index in [1.165, 1.54) is 11.6 Å². The summed E-state index contributed by atoms with van der Waals surface area (Å²) in [6.45, 7) is 2.34. The molecule has 0 atom stereocenters. The molecule has 0 N–H and O–H groups in total. The normalized spacial score (nSPS) is 10.4. The number of aryl methyl sites for hydroxylation is 2. The van der Waals surface area contributed by atoms with Crippen LogP contribution in [0.4, 0.5) is 4.39 Å². The van der Waals surface area contributed by atoms with Gasteiger partial charge in [-0.25, -0.2) is 4.39 Å². The van der Waals surface area contributed by atoms with Gasteiger partial charge in [0, 0.05) is 25.6 Å². The zero-order valence-corrected chi connectivity index (χ0v) is 12.5.